The van der Waals surface area contributed by atoms with E-state index in [-0.39, 0.29) is 11.9 Å². The molecule has 0 saturated carbocycles. The first-order chi connectivity index (χ1) is 9.45. The van der Waals surface area contributed by atoms with Crippen molar-refractivity contribution in [2.45, 2.75) is 44.1 Å². The summed E-state index contributed by atoms with van der Waals surface area (Å²) >= 11 is 1.75. The second-order valence-electron chi connectivity index (χ2n) is 5.25. The molecule has 0 radical (unpaired) electrons. The Morgan fingerprint density at radius 1 is 1.35 bits per heavy atom. The summed E-state index contributed by atoms with van der Waals surface area (Å²) in [4.78, 5) is 23.2. The molecule has 20 heavy (non-hydrogen) atoms. The molecular weight excluding hydrogens is 272 g/mol. The van der Waals surface area contributed by atoms with Crippen molar-refractivity contribution in [2.24, 2.45) is 5.92 Å². The maximum atomic E-state index is 11.1. The van der Waals surface area contributed by atoms with Crippen molar-refractivity contribution in [3.8, 4) is 0 Å². The van der Waals surface area contributed by atoms with Gasteiger partial charge >= 0.3 is 5.97 Å². The molecule has 1 aromatic rings. The highest BCUT2D eigenvalue weighted by Gasteiger charge is 2.31. The smallest absolute Gasteiger partial charge is 0.303 e. The number of hydrogen-bond acceptors (Lipinski definition) is 4. The van der Waals surface area contributed by atoms with Gasteiger partial charge in [-0.2, -0.15) is 0 Å². The van der Waals surface area contributed by atoms with E-state index >= 15 is 0 Å². The minimum atomic E-state index is -0.607. The first kappa shape index (κ1) is 16.8. The number of thioether (sulfide) groups is 1. The number of benzene rings is 1. The molecule has 0 aliphatic rings. The van der Waals surface area contributed by atoms with Crippen molar-refractivity contribution in [3.05, 3.63) is 30.3 Å². The summed E-state index contributed by atoms with van der Waals surface area (Å²) in [6, 6.07) is 10.1. The van der Waals surface area contributed by atoms with Gasteiger partial charge in [-0.1, -0.05) is 18.2 Å². The predicted molar refractivity (Wildman–Crippen MR) is 81.8 cm³/mol. The van der Waals surface area contributed by atoms with Crippen LogP contribution in [-0.2, 0) is 14.3 Å². The number of hydrogen-bond donors (Lipinski definition) is 0. The molecule has 4 heteroatoms. The van der Waals surface area contributed by atoms with Crippen LogP contribution in [0.4, 0.5) is 0 Å². The zero-order chi connectivity index (χ0) is 15.0. The number of carbonyl (C=O) groups is 2. The summed E-state index contributed by atoms with van der Waals surface area (Å²) in [7, 11) is 0. The minimum Gasteiger partial charge on any atom is -0.460 e. The van der Waals surface area contributed by atoms with Crippen LogP contribution in [0, 0.1) is 5.92 Å². The molecule has 110 valence electrons. The molecule has 1 atom stereocenters. The summed E-state index contributed by atoms with van der Waals surface area (Å²) in [5, 5.41) is 0. The Bertz CT molecular complexity index is 429. The van der Waals surface area contributed by atoms with Gasteiger partial charge in [0, 0.05) is 24.2 Å². The van der Waals surface area contributed by atoms with Crippen molar-refractivity contribution in [1.82, 2.24) is 0 Å². The fraction of sp³-hybridized carbons (Fsp3) is 0.500. The molecule has 1 rings (SSSR count). The second kappa shape index (κ2) is 8.10. The van der Waals surface area contributed by atoms with Gasteiger partial charge < -0.3 is 9.53 Å². The van der Waals surface area contributed by atoms with E-state index in [0.717, 1.165) is 18.5 Å². The zero-order valence-corrected chi connectivity index (χ0v) is 13.1. The molecule has 0 bridgehead atoms. The molecule has 0 aromatic heterocycles. The number of aldehydes is 1. The van der Waals surface area contributed by atoms with Crippen LogP contribution in [0.15, 0.2) is 35.2 Å². The molecule has 0 aliphatic heterocycles. The van der Waals surface area contributed by atoms with Crippen molar-refractivity contribution in [1.29, 1.82) is 0 Å². The van der Waals surface area contributed by atoms with E-state index in [4.69, 9.17) is 4.74 Å². The lowest BCUT2D eigenvalue weighted by atomic mass is 9.86. The third-order valence-electron chi connectivity index (χ3n) is 3.25. The molecule has 1 aromatic carbocycles. The van der Waals surface area contributed by atoms with Gasteiger partial charge in [-0.25, -0.2) is 0 Å². The van der Waals surface area contributed by atoms with E-state index in [9.17, 15) is 9.59 Å². The quantitative estimate of drug-likeness (QED) is 0.416. The molecule has 0 spiro atoms. The topological polar surface area (TPSA) is 43.4 Å². The van der Waals surface area contributed by atoms with Crippen LogP contribution in [0.25, 0.3) is 0 Å². The van der Waals surface area contributed by atoms with Crippen molar-refractivity contribution in [2.75, 3.05) is 5.75 Å². The fourth-order valence-electron chi connectivity index (χ4n) is 2.15. The molecule has 0 fully saturated rings. The molecular formula is C16H22O3S. The van der Waals surface area contributed by atoms with Gasteiger partial charge in [0.15, 0.2) is 0 Å². The Morgan fingerprint density at radius 2 is 2.00 bits per heavy atom. The SMILES string of the molecule is CC(=O)OC(C)(C)C(CC=O)CCSc1ccccc1. The Labute approximate surface area is 125 Å². The van der Waals surface area contributed by atoms with Crippen LogP contribution in [0.5, 0.6) is 0 Å². The standard InChI is InChI=1S/C16H22O3S/c1-13(18)19-16(2,3)14(9-11-17)10-12-20-15-7-5-4-6-8-15/h4-8,11,14H,9-10,12H2,1-3H3. The first-order valence-corrected chi connectivity index (χ1v) is 7.75. The normalized spacial score (nSPS) is 12.8. The van der Waals surface area contributed by atoms with Gasteiger partial charge in [-0.3, -0.25) is 4.79 Å². The van der Waals surface area contributed by atoms with E-state index < -0.39 is 5.60 Å². The van der Waals surface area contributed by atoms with E-state index in [1.807, 2.05) is 32.0 Å². The van der Waals surface area contributed by atoms with Crippen LogP contribution >= 0.6 is 11.8 Å². The average molecular weight is 294 g/mol. The average Bonchev–Trinajstić information content (AvgIpc) is 2.37. The van der Waals surface area contributed by atoms with Crippen LogP contribution < -0.4 is 0 Å². The molecule has 0 saturated heterocycles. The summed E-state index contributed by atoms with van der Waals surface area (Å²) in [5.74, 6) is 0.634. The molecule has 0 aliphatic carbocycles. The van der Waals surface area contributed by atoms with Crippen LogP contribution in [0.3, 0.4) is 0 Å². The molecule has 0 N–H and O–H groups in total. The van der Waals surface area contributed by atoms with E-state index in [0.29, 0.717) is 6.42 Å². The van der Waals surface area contributed by atoms with Gasteiger partial charge in [0.1, 0.15) is 11.9 Å². The number of rotatable bonds is 8. The van der Waals surface area contributed by atoms with Crippen molar-refractivity contribution < 1.29 is 14.3 Å². The Balaban J connectivity index is 2.54. The van der Waals surface area contributed by atoms with E-state index in [1.165, 1.54) is 11.8 Å². The minimum absolute atomic E-state index is 0.0418. The van der Waals surface area contributed by atoms with Gasteiger partial charge in [0.05, 0.1) is 0 Å². The Hall–Kier alpha value is -1.29. The zero-order valence-electron chi connectivity index (χ0n) is 12.3. The fourth-order valence-corrected chi connectivity index (χ4v) is 3.14. The van der Waals surface area contributed by atoms with Crippen LogP contribution in [0.1, 0.15) is 33.6 Å². The summed E-state index contributed by atoms with van der Waals surface area (Å²) in [6.07, 6.45) is 2.15. The van der Waals surface area contributed by atoms with Gasteiger partial charge in [-0.15, -0.1) is 11.8 Å². The lowest BCUT2D eigenvalue weighted by Gasteiger charge is -2.32. The van der Waals surface area contributed by atoms with Crippen molar-refractivity contribution in [3.63, 3.8) is 0 Å². The van der Waals surface area contributed by atoms with Gasteiger partial charge in [0.25, 0.3) is 0 Å². The summed E-state index contributed by atoms with van der Waals surface area (Å²) in [6.45, 7) is 5.14. The second-order valence-corrected chi connectivity index (χ2v) is 6.41. The van der Waals surface area contributed by atoms with Gasteiger partial charge in [0.2, 0.25) is 0 Å². The molecule has 3 nitrogen and oxygen atoms in total. The number of esters is 1. The maximum absolute atomic E-state index is 11.1. The van der Waals surface area contributed by atoms with Crippen LogP contribution in [0.2, 0.25) is 0 Å². The first-order valence-electron chi connectivity index (χ1n) is 6.76. The summed E-state index contributed by atoms with van der Waals surface area (Å²) in [5.41, 5.74) is -0.607. The Kier molecular flexibility index (Phi) is 6.79. The third-order valence-corrected chi connectivity index (χ3v) is 4.29. The third kappa shape index (κ3) is 5.78. The number of carbonyl (C=O) groups excluding carboxylic acids is 2. The monoisotopic (exact) mass is 294 g/mol. The molecule has 0 heterocycles. The largest absolute Gasteiger partial charge is 0.460 e. The van der Waals surface area contributed by atoms with Gasteiger partial charge in [-0.05, 0) is 38.2 Å². The predicted octanol–water partition coefficient (Wildman–Crippen LogP) is 3.72. The highest BCUT2D eigenvalue weighted by Crippen LogP contribution is 2.30. The highest BCUT2D eigenvalue weighted by molar-refractivity contribution is 7.99. The number of ether oxygens (including phenoxy) is 1. The highest BCUT2D eigenvalue weighted by atomic mass is 32.2. The van der Waals surface area contributed by atoms with Crippen LogP contribution in [-0.4, -0.2) is 23.6 Å². The maximum Gasteiger partial charge on any atom is 0.303 e. The lowest BCUT2D eigenvalue weighted by molar-refractivity contribution is -0.159. The lowest BCUT2D eigenvalue weighted by Crippen LogP contribution is -2.36. The molecule has 1 unspecified atom stereocenters. The van der Waals surface area contributed by atoms with Crippen molar-refractivity contribution >= 4 is 24.0 Å². The Morgan fingerprint density at radius 3 is 2.55 bits per heavy atom. The van der Waals surface area contributed by atoms with E-state index in [1.54, 1.807) is 11.8 Å². The van der Waals surface area contributed by atoms with E-state index in [2.05, 4.69) is 12.1 Å². The molecule has 0 amide bonds. The summed E-state index contributed by atoms with van der Waals surface area (Å²) < 4.78 is 5.35.